The molecule has 5 nitrogen and oxygen atoms in total. The molecule has 1 aliphatic carbocycles. The first kappa shape index (κ1) is 18.5. The summed E-state index contributed by atoms with van der Waals surface area (Å²) in [6, 6.07) is 12.7. The Morgan fingerprint density at radius 2 is 1.59 bits per heavy atom. The minimum absolute atomic E-state index is 0.138. The lowest BCUT2D eigenvalue weighted by molar-refractivity contribution is -0.141. The number of carboxylic acids is 1. The van der Waals surface area contributed by atoms with Crippen LogP contribution in [-0.2, 0) is 14.8 Å². The molecule has 7 heteroatoms. The lowest BCUT2D eigenvalue weighted by Gasteiger charge is -2.26. The van der Waals surface area contributed by atoms with Gasteiger partial charge in [0.25, 0.3) is 0 Å². The lowest BCUT2D eigenvalue weighted by atomic mass is 10.0. The largest absolute Gasteiger partial charge is 0.480 e. The van der Waals surface area contributed by atoms with Crippen molar-refractivity contribution in [1.29, 1.82) is 0 Å². The quantitative estimate of drug-likeness (QED) is 0.833. The van der Waals surface area contributed by atoms with E-state index in [0.29, 0.717) is 11.4 Å². The average Bonchev–Trinajstić information content (AvgIpc) is 3.23. The minimum Gasteiger partial charge on any atom is -0.480 e. The highest BCUT2D eigenvalue weighted by Gasteiger charge is 2.52. The third-order valence-corrected chi connectivity index (χ3v) is 7.87. The van der Waals surface area contributed by atoms with Gasteiger partial charge in [-0.05, 0) is 60.6 Å². The fourth-order valence-electron chi connectivity index (χ4n) is 4.39. The molecule has 2 fully saturated rings. The van der Waals surface area contributed by atoms with Crippen molar-refractivity contribution in [2.45, 2.75) is 42.7 Å². The van der Waals surface area contributed by atoms with E-state index in [1.807, 2.05) is 12.1 Å². The molecule has 0 spiro atoms. The molecule has 2 aromatic carbocycles. The molecule has 1 saturated carbocycles. The summed E-state index contributed by atoms with van der Waals surface area (Å²) in [6.45, 7) is 0. The van der Waals surface area contributed by atoms with E-state index in [-0.39, 0.29) is 16.9 Å². The van der Waals surface area contributed by atoms with Crippen molar-refractivity contribution < 1.29 is 18.3 Å². The Balaban J connectivity index is 1.67. The fraction of sp³-hybridized carbons (Fsp3) is 0.350. The molecule has 0 radical (unpaired) electrons. The number of fused-ring (bicyclic) bond motifs is 1. The predicted molar refractivity (Wildman–Crippen MR) is 103 cm³/mol. The zero-order chi connectivity index (χ0) is 19.2. The standard InChI is InChI=1S/C20H20ClNO4S/c21-16-8-4-13(5-9-16)14-6-10-17(11-7-14)27(25,26)22-18-3-1-2-15(18)12-19(22)20(23)24/h4-11,15,18-19H,1-3,12H2,(H,23,24)/t15-,18-,19-/m1/s1. The second-order valence-electron chi connectivity index (χ2n) is 7.21. The van der Waals surface area contributed by atoms with Gasteiger partial charge in [-0.1, -0.05) is 42.3 Å². The van der Waals surface area contributed by atoms with E-state index in [1.54, 1.807) is 36.4 Å². The van der Waals surface area contributed by atoms with Gasteiger partial charge < -0.3 is 5.11 Å². The molecule has 0 amide bonds. The Kier molecular flexibility index (Phi) is 4.74. The van der Waals surface area contributed by atoms with Crippen molar-refractivity contribution in [3.8, 4) is 11.1 Å². The maximum atomic E-state index is 13.2. The maximum Gasteiger partial charge on any atom is 0.322 e. The molecule has 0 bridgehead atoms. The summed E-state index contributed by atoms with van der Waals surface area (Å²) in [6.07, 6.45) is 2.98. The van der Waals surface area contributed by atoms with Gasteiger partial charge in [-0.2, -0.15) is 4.31 Å². The van der Waals surface area contributed by atoms with Crippen molar-refractivity contribution >= 4 is 27.6 Å². The molecule has 142 valence electrons. The molecule has 3 atom stereocenters. The normalized spacial score (nSPS) is 25.4. The van der Waals surface area contributed by atoms with Gasteiger partial charge in [0.15, 0.2) is 0 Å². The number of rotatable bonds is 4. The summed E-state index contributed by atoms with van der Waals surface area (Å²) in [4.78, 5) is 11.8. The number of halogens is 1. The zero-order valence-corrected chi connectivity index (χ0v) is 16.2. The van der Waals surface area contributed by atoms with Gasteiger partial charge in [-0.25, -0.2) is 8.42 Å². The van der Waals surface area contributed by atoms with E-state index in [1.165, 1.54) is 4.31 Å². The van der Waals surface area contributed by atoms with Gasteiger partial charge in [-0.15, -0.1) is 0 Å². The molecular weight excluding hydrogens is 386 g/mol. The fourth-order valence-corrected chi connectivity index (χ4v) is 6.38. The monoisotopic (exact) mass is 405 g/mol. The average molecular weight is 406 g/mol. The van der Waals surface area contributed by atoms with Crippen LogP contribution in [0.1, 0.15) is 25.7 Å². The second kappa shape index (κ2) is 6.93. The smallest absolute Gasteiger partial charge is 0.322 e. The molecule has 4 rings (SSSR count). The molecule has 27 heavy (non-hydrogen) atoms. The van der Waals surface area contributed by atoms with E-state index >= 15 is 0 Å². The Bertz CT molecular complexity index is 956. The van der Waals surface area contributed by atoms with E-state index in [4.69, 9.17) is 11.6 Å². The second-order valence-corrected chi connectivity index (χ2v) is 9.49. The van der Waals surface area contributed by atoms with Gasteiger partial charge in [0.1, 0.15) is 6.04 Å². The summed E-state index contributed by atoms with van der Waals surface area (Å²) in [7, 11) is -3.86. The molecule has 0 unspecified atom stereocenters. The van der Waals surface area contributed by atoms with Crippen molar-refractivity contribution in [3.63, 3.8) is 0 Å². The summed E-state index contributed by atoms with van der Waals surface area (Å²) < 4.78 is 27.7. The molecule has 1 N–H and O–H groups in total. The van der Waals surface area contributed by atoms with Crippen molar-refractivity contribution in [1.82, 2.24) is 4.31 Å². The minimum atomic E-state index is -3.86. The van der Waals surface area contributed by atoms with E-state index in [0.717, 1.165) is 30.4 Å². The van der Waals surface area contributed by atoms with Gasteiger partial charge in [0, 0.05) is 11.1 Å². The van der Waals surface area contributed by atoms with Crippen LogP contribution >= 0.6 is 11.6 Å². The van der Waals surface area contributed by atoms with Crippen LogP contribution in [0.15, 0.2) is 53.4 Å². The summed E-state index contributed by atoms with van der Waals surface area (Å²) in [5.41, 5.74) is 1.81. The Labute approximate surface area is 163 Å². The number of carboxylic acid groups (broad SMARTS) is 1. The number of aliphatic carboxylic acids is 1. The third-order valence-electron chi connectivity index (χ3n) is 5.67. The number of nitrogens with zero attached hydrogens (tertiary/aromatic N) is 1. The highest BCUT2D eigenvalue weighted by atomic mass is 35.5. The van der Waals surface area contributed by atoms with Crippen LogP contribution in [0, 0.1) is 5.92 Å². The van der Waals surface area contributed by atoms with E-state index in [9.17, 15) is 18.3 Å². The lowest BCUT2D eigenvalue weighted by Crippen LogP contribution is -2.44. The molecular formula is C20H20ClNO4S. The van der Waals surface area contributed by atoms with E-state index < -0.39 is 22.0 Å². The van der Waals surface area contributed by atoms with Crippen molar-refractivity contribution in [3.05, 3.63) is 53.6 Å². The third kappa shape index (κ3) is 3.26. The van der Waals surface area contributed by atoms with Crippen molar-refractivity contribution in [2.24, 2.45) is 5.92 Å². The molecule has 2 aromatic rings. The number of carbonyl (C=O) groups is 1. The molecule has 1 aliphatic heterocycles. The van der Waals surface area contributed by atoms with E-state index in [2.05, 4.69) is 0 Å². The summed E-state index contributed by atoms with van der Waals surface area (Å²) in [5, 5.41) is 10.2. The predicted octanol–water partition coefficient (Wildman–Crippen LogP) is 4.02. The molecule has 1 heterocycles. The Hall–Kier alpha value is -1.89. The first-order valence-electron chi connectivity index (χ1n) is 9.00. The van der Waals surface area contributed by atoms with Crippen molar-refractivity contribution in [2.75, 3.05) is 0 Å². The van der Waals surface area contributed by atoms with Crippen LogP contribution in [0.5, 0.6) is 0 Å². The highest BCUT2D eigenvalue weighted by molar-refractivity contribution is 7.89. The van der Waals surface area contributed by atoms with Crippen LogP contribution in [0.4, 0.5) is 0 Å². The molecule has 1 saturated heterocycles. The van der Waals surface area contributed by atoms with Gasteiger partial charge in [0.05, 0.1) is 4.90 Å². The van der Waals surface area contributed by atoms with Gasteiger partial charge >= 0.3 is 5.97 Å². The SMILES string of the molecule is O=C(O)[C@H]1C[C@H]2CCC[C@H]2N1S(=O)(=O)c1ccc(-c2ccc(Cl)cc2)cc1. The van der Waals surface area contributed by atoms with Gasteiger partial charge in [-0.3, -0.25) is 4.79 Å². The van der Waals surface area contributed by atoms with Crippen LogP contribution in [0.3, 0.4) is 0 Å². The maximum absolute atomic E-state index is 13.2. The zero-order valence-electron chi connectivity index (χ0n) is 14.6. The van der Waals surface area contributed by atoms with Crippen LogP contribution in [-0.4, -0.2) is 35.9 Å². The highest BCUT2D eigenvalue weighted by Crippen LogP contribution is 2.44. The Morgan fingerprint density at radius 1 is 1.00 bits per heavy atom. The molecule has 2 aliphatic rings. The number of sulfonamides is 1. The number of benzene rings is 2. The van der Waals surface area contributed by atoms with Crippen LogP contribution < -0.4 is 0 Å². The van der Waals surface area contributed by atoms with Crippen LogP contribution in [0.25, 0.3) is 11.1 Å². The van der Waals surface area contributed by atoms with Crippen LogP contribution in [0.2, 0.25) is 5.02 Å². The summed E-state index contributed by atoms with van der Waals surface area (Å²) >= 11 is 5.91. The number of hydrogen-bond donors (Lipinski definition) is 1. The Morgan fingerprint density at radius 3 is 2.19 bits per heavy atom. The first-order chi connectivity index (χ1) is 12.9. The topological polar surface area (TPSA) is 74.7 Å². The number of hydrogen-bond acceptors (Lipinski definition) is 3. The summed E-state index contributed by atoms with van der Waals surface area (Å²) in [5.74, 6) is -0.917. The first-order valence-corrected chi connectivity index (χ1v) is 10.8. The molecule has 0 aromatic heterocycles. The van der Waals surface area contributed by atoms with Gasteiger partial charge in [0.2, 0.25) is 10.0 Å².